The molecule has 0 aromatic heterocycles. The van der Waals surface area contributed by atoms with Crippen LogP contribution >= 0.6 is 0 Å². The van der Waals surface area contributed by atoms with Gasteiger partial charge in [0.25, 0.3) is 0 Å². The van der Waals surface area contributed by atoms with Crippen molar-refractivity contribution in [2.75, 3.05) is 13.6 Å². The molecule has 0 bridgehead atoms. The van der Waals surface area contributed by atoms with Gasteiger partial charge in [0, 0.05) is 25.2 Å². The molecule has 132 valence electrons. The van der Waals surface area contributed by atoms with Crippen molar-refractivity contribution < 1.29 is 18.7 Å². The Morgan fingerprint density at radius 3 is 2.56 bits per heavy atom. The van der Waals surface area contributed by atoms with Gasteiger partial charge in [-0.1, -0.05) is 18.2 Å². The summed E-state index contributed by atoms with van der Waals surface area (Å²) in [6.45, 7) is 1.44. The fourth-order valence-electron chi connectivity index (χ4n) is 3.36. The second-order valence-electron chi connectivity index (χ2n) is 6.38. The van der Waals surface area contributed by atoms with Gasteiger partial charge in [-0.25, -0.2) is 13.6 Å². The Morgan fingerprint density at radius 2 is 1.92 bits per heavy atom. The fourth-order valence-corrected chi connectivity index (χ4v) is 3.36. The van der Waals surface area contributed by atoms with E-state index >= 15 is 0 Å². The van der Waals surface area contributed by atoms with Crippen molar-refractivity contribution in [1.82, 2.24) is 10.2 Å². The number of benzene rings is 2. The van der Waals surface area contributed by atoms with Gasteiger partial charge in [-0.2, -0.15) is 0 Å². The number of carboxylic acids is 1. The lowest BCUT2D eigenvalue weighted by molar-refractivity contribution is 0.0697. The summed E-state index contributed by atoms with van der Waals surface area (Å²) in [5, 5.41) is 12.4. The van der Waals surface area contributed by atoms with Crippen LogP contribution in [-0.2, 0) is 6.54 Å². The van der Waals surface area contributed by atoms with Crippen molar-refractivity contribution in [2.24, 2.45) is 0 Å². The van der Waals surface area contributed by atoms with Gasteiger partial charge in [0.1, 0.15) is 0 Å². The standard InChI is InChI=1S/C19H20F2N2O2/c1-23-9-8-17(18(23)14-6-7-15(20)16(21)10-14)22-11-12-2-4-13(5-3-12)19(24)25/h2-7,10,17-18,22H,8-9,11H2,1H3,(H,24,25). The van der Waals surface area contributed by atoms with Crippen LogP contribution in [0.5, 0.6) is 0 Å². The third-order valence-electron chi connectivity index (χ3n) is 4.70. The van der Waals surface area contributed by atoms with E-state index in [1.807, 2.05) is 7.05 Å². The summed E-state index contributed by atoms with van der Waals surface area (Å²) in [4.78, 5) is 13.0. The van der Waals surface area contributed by atoms with Gasteiger partial charge in [0.15, 0.2) is 11.6 Å². The molecular formula is C19H20F2N2O2. The van der Waals surface area contributed by atoms with Crippen molar-refractivity contribution in [2.45, 2.75) is 25.0 Å². The Hall–Kier alpha value is -2.31. The number of rotatable bonds is 5. The van der Waals surface area contributed by atoms with Crippen molar-refractivity contribution in [3.05, 3.63) is 70.8 Å². The molecule has 0 saturated carbocycles. The molecule has 1 aliphatic heterocycles. The first-order chi connectivity index (χ1) is 12.0. The van der Waals surface area contributed by atoms with E-state index in [-0.39, 0.29) is 17.6 Å². The number of hydrogen-bond acceptors (Lipinski definition) is 3. The van der Waals surface area contributed by atoms with Crippen LogP contribution in [0.15, 0.2) is 42.5 Å². The van der Waals surface area contributed by atoms with E-state index in [4.69, 9.17) is 5.11 Å². The third-order valence-corrected chi connectivity index (χ3v) is 4.70. The molecule has 2 atom stereocenters. The molecule has 6 heteroatoms. The fraction of sp³-hybridized carbons (Fsp3) is 0.316. The summed E-state index contributed by atoms with van der Waals surface area (Å²) in [7, 11) is 1.97. The predicted molar refractivity (Wildman–Crippen MR) is 90.4 cm³/mol. The zero-order valence-corrected chi connectivity index (χ0v) is 13.9. The number of aromatic carboxylic acids is 1. The van der Waals surface area contributed by atoms with Gasteiger partial charge in [-0.15, -0.1) is 0 Å². The van der Waals surface area contributed by atoms with E-state index in [1.54, 1.807) is 30.3 Å². The van der Waals surface area contributed by atoms with Gasteiger partial charge in [-0.3, -0.25) is 4.90 Å². The number of likely N-dealkylation sites (N-methyl/N-ethyl adjacent to an activating group) is 1. The number of carbonyl (C=O) groups is 1. The highest BCUT2D eigenvalue weighted by molar-refractivity contribution is 5.87. The Labute approximate surface area is 145 Å². The quantitative estimate of drug-likeness (QED) is 0.873. The average molecular weight is 346 g/mol. The zero-order valence-electron chi connectivity index (χ0n) is 13.9. The molecule has 2 aromatic rings. The van der Waals surface area contributed by atoms with E-state index < -0.39 is 17.6 Å². The van der Waals surface area contributed by atoms with Crippen LogP contribution in [-0.4, -0.2) is 35.6 Å². The van der Waals surface area contributed by atoms with Crippen molar-refractivity contribution in [3.8, 4) is 0 Å². The molecule has 4 nitrogen and oxygen atoms in total. The summed E-state index contributed by atoms with van der Waals surface area (Å²) in [5.74, 6) is -2.62. The largest absolute Gasteiger partial charge is 0.478 e. The van der Waals surface area contributed by atoms with Crippen LogP contribution in [0.3, 0.4) is 0 Å². The Balaban J connectivity index is 1.70. The first-order valence-corrected chi connectivity index (χ1v) is 8.16. The van der Waals surface area contributed by atoms with Crippen LogP contribution < -0.4 is 5.32 Å². The monoisotopic (exact) mass is 346 g/mol. The molecule has 1 aliphatic rings. The van der Waals surface area contributed by atoms with Gasteiger partial charge in [0.2, 0.25) is 0 Å². The highest BCUT2D eigenvalue weighted by Gasteiger charge is 2.33. The molecule has 2 aromatic carbocycles. The number of likely N-dealkylation sites (tertiary alicyclic amines) is 1. The zero-order chi connectivity index (χ0) is 18.0. The van der Waals surface area contributed by atoms with Crippen molar-refractivity contribution in [3.63, 3.8) is 0 Å². The summed E-state index contributed by atoms with van der Waals surface area (Å²) in [6.07, 6.45) is 0.896. The summed E-state index contributed by atoms with van der Waals surface area (Å²) < 4.78 is 26.8. The maximum Gasteiger partial charge on any atom is 0.335 e. The molecule has 3 rings (SSSR count). The molecular weight excluding hydrogens is 326 g/mol. The first kappa shape index (κ1) is 17.5. The minimum Gasteiger partial charge on any atom is -0.478 e. The molecule has 1 heterocycles. The van der Waals surface area contributed by atoms with E-state index in [0.29, 0.717) is 6.54 Å². The average Bonchev–Trinajstić information content (AvgIpc) is 2.96. The smallest absolute Gasteiger partial charge is 0.335 e. The lowest BCUT2D eigenvalue weighted by Crippen LogP contribution is -2.34. The molecule has 0 radical (unpaired) electrons. The molecule has 0 amide bonds. The molecule has 2 unspecified atom stereocenters. The molecule has 2 N–H and O–H groups in total. The SMILES string of the molecule is CN1CCC(NCc2ccc(C(=O)O)cc2)C1c1ccc(F)c(F)c1. The van der Waals surface area contributed by atoms with E-state index in [9.17, 15) is 13.6 Å². The molecule has 0 spiro atoms. The first-order valence-electron chi connectivity index (χ1n) is 8.16. The second kappa shape index (κ2) is 7.29. The van der Waals surface area contributed by atoms with Crippen LogP contribution in [0.2, 0.25) is 0 Å². The number of hydrogen-bond donors (Lipinski definition) is 2. The van der Waals surface area contributed by atoms with Crippen molar-refractivity contribution in [1.29, 1.82) is 0 Å². The predicted octanol–water partition coefficient (Wildman–Crippen LogP) is 3.20. The highest BCUT2D eigenvalue weighted by Crippen LogP contribution is 2.31. The van der Waals surface area contributed by atoms with Crippen LogP contribution in [0.1, 0.15) is 33.9 Å². The van der Waals surface area contributed by atoms with Crippen LogP contribution in [0.4, 0.5) is 8.78 Å². The van der Waals surface area contributed by atoms with Crippen LogP contribution in [0.25, 0.3) is 0 Å². The minimum absolute atomic E-state index is 0.0339. The molecule has 1 fully saturated rings. The maximum atomic E-state index is 13.6. The Kier molecular flexibility index (Phi) is 5.11. The maximum absolute atomic E-state index is 13.6. The van der Waals surface area contributed by atoms with Crippen LogP contribution in [0, 0.1) is 11.6 Å². The van der Waals surface area contributed by atoms with Gasteiger partial charge < -0.3 is 10.4 Å². The number of nitrogens with one attached hydrogen (secondary N) is 1. The Bertz CT molecular complexity index is 765. The third kappa shape index (κ3) is 3.86. The number of nitrogens with zero attached hydrogens (tertiary/aromatic N) is 1. The Morgan fingerprint density at radius 1 is 1.20 bits per heavy atom. The molecule has 25 heavy (non-hydrogen) atoms. The highest BCUT2D eigenvalue weighted by atomic mass is 19.2. The number of halogens is 2. The normalized spacial score (nSPS) is 20.8. The number of carboxylic acid groups (broad SMARTS) is 1. The van der Waals surface area contributed by atoms with E-state index in [1.165, 1.54) is 12.1 Å². The lowest BCUT2D eigenvalue weighted by Gasteiger charge is -2.26. The summed E-state index contributed by atoms with van der Waals surface area (Å²) >= 11 is 0. The van der Waals surface area contributed by atoms with E-state index in [2.05, 4.69) is 10.2 Å². The lowest BCUT2D eigenvalue weighted by atomic mass is 9.99. The van der Waals surface area contributed by atoms with E-state index in [0.717, 1.165) is 24.1 Å². The minimum atomic E-state index is -0.949. The topological polar surface area (TPSA) is 52.6 Å². The van der Waals surface area contributed by atoms with Crippen molar-refractivity contribution >= 4 is 5.97 Å². The summed E-state index contributed by atoms with van der Waals surface area (Å²) in [6, 6.07) is 10.8. The second-order valence-corrected chi connectivity index (χ2v) is 6.38. The van der Waals surface area contributed by atoms with Gasteiger partial charge in [0.05, 0.1) is 5.56 Å². The molecule has 1 saturated heterocycles. The van der Waals surface area contributed by atoms with Gasteiger partial charge in [-0.05, 0) is 48.9 Å². The molecule has 0 aliphatic carbocycles. The van der Waals surface area contributed by atoms with Gasteiger partial charge >= 0.3 is 5.97 Å². The summed E-state index contributed by atoms with van der Waals surface area (Å²) in [5.41, 5.74) is 1.98.